The first-order chi connectivity index (χ1) is 6.24. The number of aliphatic hydroxyl groups is 1. The minimum atomic E-state index is -0.529. The minimum Gasteiger partial charge on any atom is -0.384 e. The number of rotatable bonds is 3. The summed E-state index contributed by atoms with van der Waals surface area (Å²) in [6.07, 6.45) is 2.98. The first-order valence-corrected chi connectivity index (χ1v) is 4.28. The molecule has 0 heterocycles. The van der Waals surface area contributed by atoms with Crippen LogP contribution in [0.5, 0.6) is 0 Å². The van der Waals surface area contributed by atoms with Crippen molar-refractivity contribution in [2.75, 3.05) is 0 Å². The van der Waals surface area contributed by atoms with Gasteiger partial charge >= 0.3 is 0 Å². The Labute approximate surface area is 79.0 Å². The standard InChI is InChI=1S/C12H14O/c1-3-10(2)9-12(13)11-7-5-4-6-8-11/h3-9,12-13H,1H2,2H3. The Kier molecular flexibility index (Phi) is 3.47. The lowest BCUT2D eigenvalue weighted by Crippen LogP contribution is -1.92. The molecule has 0 aliphatic heterocycles. The first-order valence-electron chi connectivity index (χ1n) is 4.28. The van der Waals surface area contributed by atoms with Crippen LogP contribution in [0.4, 0.5) is 0 Å². The van der Waals surface area contributed by atoms with Crippen molar-refractivity contribution in [3.63, 3.8) is 0 Å². The summed E-state index contributed by atoms with van der Waals surface area (Å²) in [6, 6.07) is 9.56. The minimum absolute atomic E-state index is 0.529. The Balaban J connectivity index is 2.80. The topological polar surface area (TPSA) is 20.2 Å². The molecule has 1 aromatic carbocycles. The largest absolute Gasteiger partial charge is 0.384 e. The van der Waals surface area contributed by atoms with Gasteiger partial charge in [0.25, 0.3) is 0 Å². The molecule has 68 valence electrons. The van der Waals surface area contributed by atoms with Crippen LogP contribution in [0.1, 0.15) is 18.6 Å². The van der Waals surface area contributed by atoms with Crippen LogP contribution in [0, 0.1) is 0 Å². The lowest BCUT2D eigenvalue weighted by molar-refractivity contribution is 0.228. The summed E-state index contributed by atoms with van der Waals surface area (Å²) in [5.74, 6) is 0. The van der Waals surface area contributed by atoms with Gasteiger partial charge in [-0.25, -0.2) is 0 Å². The fourth-order valence-electron chi connectivity index (χ4n) is 1.06. The summed E-state index contributed by atoms with van der Waals surface area (Å²) < 4.78 is 0. The highest BCUT2D eigenvalue weighted by Gasteiger charge is 2.01. The van der Waals surface area contributed by atoms with Crippen molar-refractivity contribution < 1.29 is 5.11 Å². The highest BCUT2D eigenvalue weighted by Crippen LogP contribution is 2.15. The van der Waals surface area contributed by atoms with Crippen LogP contribution in [0.2, 0.25) is 0 Å². The van der Waals surface area contributed by atoms with Gasteiger partial charge in [-0.2, -0.15) is 0 Å². The average molecular weight is 174 g/mol. The van der Waals surface area contributed by atoms with E-state index in [1.165, 1.54) is 0 Å². The van der Waals surface area contributed by atoms with E-state index in [4.69, 9.17) is 0 Å². The normalized spacial score (nSPS) is 13.8. The molecule has 1 unspecified atom stereocenters. The molecule has 1 atom stereocenters. The van der Waals surface area contributed by atoms with E-state index in [0.29, 0.717) is 0 Å². The summed E-state index contributed by atoms with van der Waals surface area (Å²) in [7, 11) is 0. The van der Waals surface area contributed by atoms with Crippen LogP contribution >= 0.6 is 0 Å². The van der Waals surface area contributed by atoms with Gasteiger partial charge in [0.1, 0.15) is 0 Å². The van der Waals surface area contributed by atoms with Crippen LogP contribution in [-0.4, -0.2) is 5.11 Å². The molecule has 0 aliphatic rings. The SMILES string of the molecule is C=CC(C)=CC(O)c1ccccc1. The molecule has 1 N–H and O–H groups in total. The van der Waals surface area contributed by atoms with Crippen LogP contribution in [0.15, 0.2) is 54.6 Å². The first kappa shape index (κ1) is 9.75. The molecule has 1 nitrogen and oxygen atoms in total. The molecular formula is C12H14O. The Morgan fingerprint density at radius 3 is 2.54 bits per heavy atom. The van der Waals surface area contributed by atoms with Crippen LogP contribution in [0.25, 0.3) is 0 Å². The molecule has 0 aliphatic carbocycles. The second-order valence-corrected chi connectivity index (χ2v) is 2.97. The molecule has 1 aromatic rings. The van der Waals surface area contributed by atoms with Crippen molar-refractivity contribution in [2.24, 2.45) is 0 Å². The van der Waals surface area contributed by atoms with Crippen molar-refractivity contribution in [1.82, 2.24) is 0 Å². The van der Waals surface area contributed by atoms with Crippen LogP contribution in [0.3, 0.4) is 0 Å². The third-order valence-electron chi connectivity index (χ3n) is 1.88. The van der Waals surface area contributed by atoms with Crippen molar-refractivity contribution in [1.29, 1.82) is 0 Å². The van der Waals surface area contributed by atoms with E-state index < -0.39 is 6.10 Å². The van der Waals surface area contributed by atoms with Gasteiger partial charge in [-0.1, -0.05) is 48.6 Å². The van der Waals surface area contributed by atoms with Crippen LogP contribution < -0.4 is 0 Å². The summed E-state index contributed by atoms with van der Waals surface area (Å²) in [5.41, 5.74) is 1.89. The number of aliphatic hydroxyl groups excluding tert-OH is 1. The zero-order valence-electron chi connectivity index (χ0n) is 7.77. The maximum Gasteiger partial charge on any atom is 0.0977 e. The smallest absolute Gasteiger partial charge is 0.0977 e. The van der Waals surface area contributed by atoms with E-state index >= 15 is 0 Å². The Morgan fingerprint density at radius 1 is 1.38 bits per heavy atom. The van der Waals surface area contributed by atoms with E-state index in [-0.39, 0.29) is 0 Å². The molecule has 0 saturated carbocycles. The molecular weight excluding hydrogens is 160 g/mol. The maximum absolute atomic E-state index is 9.70. The van der Waals surface area contributed by atoms with Crippen molar-refractivity contribution in [2.45, 2.75) is 13.0 Å². The van der Waals surface area contributed by atoms with E-state index in [0.717, 1.165) is 11.1 Å². The Bertz CT molecular complexity index is 298. The maximum atomic E-state index is 9.70. The molecule has 13 heavy (non-hydrogen) atoms. The third kappa shape index (κ3) is 2.88. The van der Waals surface area contributed by atoms with Gasteiger partial charge in [0, 0.05) is 0 Å². The third-order valence-corrected chi connectivity index (χ3v) is 1.88. The van der Waals surface area contributed by atoms with Gasteiger partial charge in [0.2, 0.25) is 0 Å². The fraction of sp³-hybridized carbons (Fsp3) is 0.167. The lowest BCUT2D eigenvalue weighted by atomic mass is 10.1. The molecule has 0 fully saturated rings. The predicted molar refractivity (Wildman–Crippen MR) is 55.4 cm³/mol. The summed E-state index contributed by atoms with van der Waals surface area (Å²) in [4.78, 5) is 0. The van der Waals surface area contributed by atoms with Gasteiger partial charge in [-0.05, 0) is 18.6 Å². The molecule has 0 spiro atoms. The molecule has 0 amide bonds. The predicted octanol–water partition coefficient (Wildman–Crippen LogP) is 2.85. The zero-order valence-corrected chi connectivity index (χ0v) is 7.77. The number of benzene rings is 1. The van der Waals surface area contributed by atoms with Gasteiger partial charge in [0.05, 0.1) is 6.10 Å². The zero-order chi connectivity index (χ0) is 9.68. The van der Waals surface area contributed by atoms with E-state index in [1.807, 2.05) is 37.3 Å². The lowest BCUT2D eigenvalue weighted by Gasteiger charge is -2.05. The highest BCUT2D eigenvalue weighted by molar-refractivity contribution is 5.24. The van der Waals surface area contributed by atoms with Gasteiger partial charge in [-0.15, -0.1) is 0 Å². The number of allylic oxidation sites excluding steroid dienone is 2. The number of hydrogen-bond donors (Lipinski definition) is 1. The molecule has 0 bridgehead atoms. The second-order valence-electron chi connectivity index (χ2n) is 2.97. The van der Waals surface area contributed by atoms with E-state index in [2.05, 4.69) is 6.58 Å². The average Bonchev–Trinajstić information content (AvgIpc) is 2.19. The molecule has 0 radical (unpaired) electrons. The molecule has 0 saturated heterocycles. The fourth-order valence-corrected chi connectivity index (χ4v) is 1.06. The molecule has 1 heteroatoms. The Morgan fingerprint density at radius 2 is 2.00 bits per heavy atom. The summed E-state index contributed by atoms with van der Waals surface area (Å²) >= 11 is 0. The Hall–Kier alpha value is -1.34. The summed E-state index contributed by atoms with van der Waals surface area (Å²) in [6.45, 7) is 5.54. The highest BCUT2D eigenvalue weighted by atomic mass is 16.3. The van der Waals surface area contributed by atoms with Gasteiger partial charge < -0.3 is 5.11 Å². The monoisotopic (exact) mass is 174 g/mol. The second kappa shape index (κ2) is 4.63. The summed E-state index contributed by atoms with van der Waals surface area (Å²) in [5, 5.41) is 9.70. The van der Waals surface area contributed by atoms with Crippen LogP contribution in [-0.2, 0) is 0 Å². The van der Waals surface area contributed by atoms with Crippen molar-refractivity contribution in [3.05, 3.63) is 60.2 Å². The van der Waals surface area contributed by atoms with Crippen molar-refractivity contribution in [3.8, 4) is 0 Å². The quantitative estimate of drug-likeness (QED) is 0.698. The van der Waals surface area contributed by atoms with Crippen molar-refractivity contribution >= 4 is 0 Å². The molecule has 1 rings (SSSR count). The molecule has 0 aromatic heterocycles. The van der Waals surface area contributed by atoms with Gasteiger partial charge in [0.15, 0.2) is 0 Å². The van der Waals surface area contributed by atoms with E-state index in [9.17, 15) is 5.11 Å². The van der Waals surface area contributed by atoms with Gasteiger partial charge in [-0.3, -0.25) is 0 Å². The number of hydrogen-bond acceptors (Lipinski definition) is 1. The van der Waals surface area contributed by atoms with E-state index in [1.54, 1.807) is 12.2 Å².